The molecule has 3 rings (SSSR count). The predicted octanol–water partition coefficient (Wildman–Crippen LogP) is 1.69. The van der Waals surface area contributed by atoms with Crippen molar-refractivity contribution in [3.05, 3.63) is 48.3 Å². The molecule has 20 heavy (non-hydrogen) atoms. The molecule has 2 heterocycles. The fourth-order valence-electron chi connectivity index (χ4n) is 2.24. The monoisotopic (exact) mass is 288 g/mol. The molecule has 2 aromatic rings. The van der Waals surface area contributed by atoms with E-state index in [0.29, 0.717) is 16.8 Å². The fraction of sp³-hybridized carbons (Fsp3) is 0.286. The van der Waals surface area contributed by atoms with Crippen molar-refractivity contribution in [2.24, 2.45) is 0 Å². The molecule has 0 spiro atoms. The first-order valence-electron chi connectivity index (χ1n) is 6.60. The summed E-state index contributed by atoms with van der Waals surface area (Å²) >= 11 is 0. The second kappa shape index (κ2) is 6.11. The van der Waals surface area contributed by atoms with Gasteiger partial charge in [-0.1, -0.05) is 18.2 Å². The maximum absolute atomic E-state index is 12.2. The summed E-state index contributed by atoms with van der Waals surface area (Å²) in [5.41, 5.74) is 0.998. The topological polar surface area (TPSA) is 66.9 Å². The first-order valence-corrected chi connectivity index (χ1v) is 7.75. The molecule has 0 radical (unpaired) electrons. The molecule has 6 heteroatoms. The average molecular weight is 288 g/mol. The summed E-state index contributed by atoms with van der Waals surface area (Å²) in [6.45, 7) is 1.96. The third-order valence-corrected chi connectivity index (χ3v) is 4.37. The number of nitrogens with zero attached hydrogens (tertiary/aromatic N) is 2. The van der Waals surface area contributed by atoms with E-state index >= 15 is 0 Å². The Hall–Kier alpha value is -1.79. The molecule has 1 saturated heterocycles. The molecule has 5 nitrogen and oxygen atoms in total. The highest BCUT2D eigenvalue weighted by Crippen LogP contribution is 2.21. The summed E-state index contributed by atoms with van der Waals surface area (Å²) in [4.78, 5) is 9.32. The Morgan fingerprint density at radius 3 is 2.85 bits per heavy atom. The van der Waals surface area contributed by atoms with Crippen LogP contribution in [-0.4, -0.2) is 27.3 Å². The summed E-state index contributed by atoms with van der Waals surface area (Å²) in [7, 11) is -1.33. The molecule has 2 N–H and O–H groups in total. The highest BCUT2D eigenvalue weighted by molar-refractivity contribution is 7.86. The van der Waals surface area contributed by atoms with Crippen molar-refractivity contribution in [2.75, 3.05) is 17.8 Å². The molecule has 0 bridgehead atoms. The Morgan fingerprint density at radius 1 is 1.25 bits per heavy atom. The predicted molar refractivity (Wildman–Crippen MR) is 78.7 cm³/mol. The van der Waals surface area contributed by atoms with Gasteiger partial charge in [-0.3, -0.25) is 4.72 Å². The van der Waals surface area contributed by atoms with E-state index in [4.69, 9.17) is 0 Å². The minimum absolute atomic E-state index is 0.414. The quantitative estimate of drug-likeness (QED) is 0.898. The summed E-state index contributed by atoms with van der Waals surface area (Å²) in [6.07, 6.45) is 2.80. The summed E-state index contributed by atoms with van der Waals surface area (Å²) in [5.74, 6) is 0.834. The van der Waals surface area contributed by atoms with Gasteiger partial charge in [-0.15, -0.1) is 0 Å². The number of aromatic nitrogens is 2. The van der Waals surface area contributed by atoms with Crippen molar-refractivity contribution >= 4 is 16.9 Å². The Labute approximate surface area is 120 Å². The van der Waals surface area contributed by atoms with Gasteiger partial charge in [0.15, 0.2) is 11.0 Å². The number of nitrogens with one attached hydrogen (secondary N) is 2. The van der Waals surface area contributed by atoms with Gasteiger partial charge in [-0.25, -0.2) is 14.2 Å². The zero-order valence-corrected chi connectivity index (χ0v) is 11.8. The van der Waals surface area contributed by atoms with Crippen LogP contribution in [-0.2, 0) is 11.0 Å². The third kappa shape index (κ3) is 3.02. The zero-order chi connectivity index (χ0) is 13.8. The lowest BCUT2D eigenvalue weighted by Gasteiger charge is -2.09. The van der Waals surface area contributed by atoms with Crippen LogP contribution in [0.2, 0.25) is 0 Å². The summed E-state index contributed by atoms with van der Waals surface area (Å²) in [6, 6.07) is 11.2. The van der Waals surface area contributed by atoms with Crippen molar-refractivity contribution in [3.63, 3.8) is 0 Å². The van der Waals surface area contributed by atoms with E-state index < -0.39 is 11.0 Å². The second-order valence-electron chi connectivity index (χ2n) is 4.68. The molecule has 1 aromatic carbocycles. The van der Waals surface area contributed by atoms with Crippen LogP contribution < -0.4 is 10.0 Å². The zero-order valence-electron chi connectivity index (χ0n) is 11.0. The molecular weight excluding hydrogens is 272 g/mol. The minimum Gasteiger partial charge on any atom is -0.316 e. The molecule has 1 fully saturated rings. The molecule has 2 unspecified atom stereocenters. The minimum atomic E-state index is -1.33. The highest BCUT2D eigenvalue weighted by atomic mass is 32.2. The van der Waals surface area contributed by atoms with Crippen molar-refractivity contribution in [2.45, 2.75) is 17.2 Å². The van der Waals surface area contributed by atoms with Crippen molar-refractivity contribution in [1.82, 2.24) is 15.3 Å². The van der Waals surface area contributed by atoms with Crippen LogP contribution in [0.1, 0.15) is 18.0 Å². The largest absolute Gasteiger partial charge is 0.316 e. The highest BCUT2D eigenvalue weighted by Gasteiger charge is 2.18. The van der Waals surface area contributed by atoms with Crippen molar-refractivity contribution < 1.29 is 4.21 Å². The molecule has 0 amide bonds. The number of hydrogen-bond acceptors (Lipinski definition) is 4. The Balaban J connectivity index is 1.74. The second-order valence-corrected chi connectivity index (χ2v) is 5.89. The maximum atomic E-state index is 12.2. The van der Waals surface area contributed by atoms with E-state index in [1.54, 1.807) is 6.20 Å². The van der Waals surface area contributed by atoms with Crippen LogP contribution in [0, 0.1) is 0 Å². The summed E-state index contributed by atoms with van der Waals surface area (Å²) in [5, 5.41) is 3.32. The van der Waals surface area contributed by atoms with E-state index in [0.717, 1.165) is 25.2 Å². The van der Waals surface area contributed by atoms with Gasteiger partial charge in [-0.2, -0.15) is 0 Å². The summed E-state index contributed by atoms with van der Waals surface area (Å²) < 4.78 is 15.0. The lowest BCUT2D eigenvalue weighted by Crippen LogP contribution is -2.12. The Morgan fingerprint density at radius 2 is 2.10 bits per heavy atom. The molecule has 0 aliphatic carbocycles. The van der Waals surface area contributed by atoms with Gasteiger partial charge in [-0.05, 0) is 31.2 Å². The molecule has 1 aliphatic rings. The fourth-order valence-corrected chi connectivity index (χ4v) is 3.03. The van der Waals surface area contributed by atoms with Crippen LogP contribution in [0.25, 0.3) is 0 Å². The van der Waals surface area contributed by atoms with Crippen molar-refractivity contribution in [3.8, 4) is 0 Å². The van der Waals surface area contributed by atoms with Gasteiger partial charge in [0, 0.05) is 18.7 Å². The molecule has 0 saturated carbocycles. The molecule has 1 aliphatic heterocycles. The number of benzene rings is 1. The van der Waals surface area contributed by atoms with Gasteiger partial charge in [0.05, 0.1) is 10.6 Å². The number of hydrogen-bond donors (Lipinski definition) is 2. The van der Waals surface area contributed by atoms with Crippen LogP contribution in [0.15, 0.2) is 47.5 Å². The molecule has 2 atom stereocenters. The first-order chi connectivity index (χ1) is 9.83. The standard InChI is InChI=1S/C14H16N4OS/c19-20(12-4-2-1-3-5-12)18-14-16-9-7-13(17-14)11-6-8-15-10-11/h1-5,7,9,11,15H,6,8,10H2,(H,16,17,18). The first kappa shape index (κ1) is 13.2. The molecule has 1 aromatic heterocycles. The normalized spacial score (nSPS) is 19.7. The smallest absolute Gasteiger partial charge is 0.235 e. The van der Waals surface area contributed by atoms with Gasteiger partial charge in [0.2, 0.25) is 5.95 Å². The maximum Gasteiger partial charge on any atom is 0.235 e. The number of rotatable bonds is 4. The van der Waals surface area contributed by atoms with E-state index in [-0.39, 0.29) is 0 Å². The molecule has 104 valence electrons. The van der Waals surface area contributed by atoms with E-state index in [1.807, 2.05) is 36.4 Å². The van der Waals surface area contributed by atoms with Gasteiger partial charge in [0.1, 0.15) is 0 Å². The lowest BCUT2D eigenvalue weighted by molar-refractivity contribution is 0.685. The van der Waals surface area contributed by atoms with Gasteiger partial charge in [0.25, 0.3) is 0 Å². The third-order valence-electron chi connectivity index (χ3n) is 3.30. The van der Waals surface area contributed by atoms with Crippen LogP contribution in [0.4, 0.5) is 5.95 Å². The van der Waals surface area contributed by atoms with Crippen LogP contribution in [0.5, 0.6) is 0 Å². The molecular formula is C14H16N4OS. The van der Waals surface area contributed by atoms with Gasteiger partial charge < -0.3 is 5.32 Å². The Kier molecular flexibility index (Phi) is 4.03. The van der Waals surface area contributed by atoms with Crippen LogP contribution in [0.3, 0.4) is 0 Å². The Bertz CT molecular complexity index is 599. The van der Waals surface area contributed by atoms with Gasteiger partial charge >= 0.3 is 0 Å². The van der Waals surface area contributed by atoms with E-state index in [2.05, 4.69) is 20.0 Å². The SMILES string of the molecule is O=S(Nc1nccc(C2CCNC2)n1)c1ccccc1. The lowest BCUT2D eigenvalue weighted by atomic mass is 10.1. The van der Waals surface area contributed by atoms with Crippen molar-refractivity contribution in [1.29, 1.82) is 0 Å². The number of anilines is 1. The van der Waals surface area contributed by atoms with E-state index in [9.17, 15) is 4.21 Å². The average Bonchev–Trinajstić information content (AvgIpc) is 3.03. The van der Waals surface area contributed by atoms with Crippen LogP contribution >= 0.6 is 0 Å². The van der Waals surface area contributed by atoms with E-state index in [1.165, 1.54) is 0 Å².